The zero-order chi connectivity index (χ0) is 28.0. The predicted molar refractivity (Wildman–Crippen MR) is 152 cm³/mol. The molecule has 1 heterocycles. The maximum absolute atomic E-state index is 13.2. The van der Waals surface area contributed by atoms with E-state index in [0.29, 0.717) is 38.6 Å². The van der Waals surface area contributed by atoms with Crippen LogP contribution in [-0.2, 0) is 38.5 Å². The van der Waals surface area contributed by atoms with Crippen LogP contribution in [0.3, 0.4) is 0 Å². The monoisotopic (exact) mass is 532 g/mol. The Labute approximate surface area is 231 Å². The van der Waals surface area contributed by atoms with Gasteiger partial charge in [-0.05, 0) is 48.8 Å². The zero-order valence-corrected chi connectivity index (χ0v) is 22.6. The van der Waals surface area contributed by atoms with E-state index < -0.39 is 5.92 Å². The molecule has 2 aromatic carbocycles. The number of amides is 2. The van der Waals surface area contributed by atoms with E-state index in [4.69, 9.17) is 4.74 Å². The molecule has 7 nitrogen and oxygen atoms in total. The normalized spacial score (nSPS) is 15.9. The number of aliphatic hydroxyl groups excluding tert-OH is 1. The number of hydrogen-bond donors (Lipinski definition) is 2. The predicted octanol–water partition coefficient (Wildman–Crippen LogP) is 4.00. The summed E-state index contributed by atoms with van der Waals surface area (Å²) in [5, 5.41) is 12.7. The summed E-state index contributed by atoms with van der Waals surface area (Å²) < 4.78 is 5.49. The van der Waals surface area contributed by atoms with Crippen LogP contribution in [0, 0.1) is 11.8 Å². The Hall–Kier alpha value is -3.71. The van der Waals surface area contributed by atoms with Gasteiger partial charge in [-0.25, -0.2) is 0 Å². The van der Waals surface area contributed by atoms with Crippen molar-refractivity contribution in [3.8, 4) is 0 Å². The summed E-state index contributed by atoms with van der Waals surface area (Å²) in [7, 11) is 0. The van der Waals surface area contributed by atoms with Gasteiger partial charge in [0.15, 0.2) is 0 Å². The van der Waals surface area contributed by atoms with E-state index in [9.17, 15) is 19.5 Å². The van der Waals surface area contributed by atoms with Gasteiger partial charge in [-0.1, -0.05) is 66.7 Å². The fourth-order valence-corrected chi connectivity index (χ4v) is 4.96. The number of aliphatic hydroxyl groups is 1. The standard InChI is InChI=1S/C32H40N2O5/c1-3-5-14-27(19-24-12-7-6-8-13-24)32(38)39-18-17-33-31(37)26(11-4-2)21-30(36)34-22-28-16-10-9-15-25(28)20-29(34)23-35/h3-4,6-10,12-13,15-16,26-27,29,35H,1-2,5,11,14,17-23H2,(H,33,37). The first-order chi connectivity index (χ1) is 19.0. The van der Waals surface area contributed by atoms with Crippen LogP contribution in [0.1, 0.15) is 42.4 Å². The van der Waals surface area contributed by atoms with E-state index in [0.717, 1.165) is 16.7 Å². The third-order valence-corrected chi connectivity index (χ3v) is 7.15. The summed E-state index contributed by atoms with van der Waals surface area (Å²) in [5.74, 6) is -1.65. The van der Waals surface area contributed by atoms with Crippen molar-refractivity contribution in [1.82, 2.24) is 10.2 Å². The average Bonchev–Trinajstić information content (AvgIpc) is 2.96. The lowest BCUT2D eigenvalue weighted by atomic mass is 9.92. The molecule has 0 saturated carbocycles. The van der Waals surface area contributed by atoms with Gasteiger partial charge in [-0.3, -0.25) is 14.4 Å². The number of benzene rings is 2. The lowest BCUT2D eigenvalue weighted by molar-refractivity contribution is -0.149. The van der Waals surface area contributed by atoms with Crippen LogP contribution >= 0.6 is 0 Å². The molecule has 2 N–H and O–H groups in total. The third-order valence-electron chi connectivity index (χ3n) is 7.15. The van der Waals surface area contributed by atoms with Gasteiger partial charge in [-0.15, -0.1) is 13.2 Å². The van der Waals surface area contributed by atoms with Gasteiger partial charge in [-0.2, -0.15) is 0 Å². The van der Waals surface area contributed by atoms with E-state index >= 15 is 0 Å². The number of nitrogens with zero attached hydrogens (tertiary/aromatic N) is 1. The molecular weight excluding hydrogens is 492 g/mol. The first-order valence-electron chi connectivity index (χ1n) is 13.6. The fraction of sp³-hybridized carbons (Fsp3) is 0.406. The topological polar surface area (TPSA) is 95.9 Å². The van der Waals surface area contributed by atoms with Crippen LogP contribution < -0.4 is 5.32 Å². The van der Waals surface area contributed by atoms with Crippen molar-refractivity contribution in [1.29, 1.82) is 0 Å². The highest BCUT2D eigenvalue weighted by Crippen LogP contribution is 2.25. The molecular formula is C32H40N2O5. The number of carbonyl (C=O) groups excluding carboxylic acids is 3. The minimum absolute atomic E-state index is 0.0109. The second-order valence-corrected chi connectivity index (χ2v) is 9.97. The zero-order valence-electron chi connectivity index (χ0n) is 22.6. The van der Waals surface area contributed by atoms with Gasteiger partial charge < -0.3 is 20.1 Å². The molecule has 0 fully saturated rings. The second-order valence-electron chi connectivity index (χ2n) is 9.97. The van der Waals surface area contributed by atoms with Crippen molar-refractivity contribution in [2.75, 3.05) is 19.8 Å². The highest BCUT2D eigenvalue weighted by atomic mass is 16.5. The van der Waals surface area contributed by atoms with Crippen molar-refractivity contribution in [3.63, 3.8) is 0 Å². The van der Waals surface area contributed by atoms with Gasteiger partial charge >= 0.3 is 5.97 Å². The molecule has 0 radical (unpaired) electrons. The van der Waals surface area contributed by atoms with Crippen LogP contribution in [-0.4, -0.2) is 53.6 Å². The average molecular weight is 533 g/mol. The highest BCUT2D eigenvalue weighted by Gasteiger charge is 2.31. The Morgan fingerprint density at radius 3 is 2.44 bits per heavy atom. The largest absolute Gasteiger partial charge is 0.464 e. The van der Waals surface area contributed by atoms with E-state index in [-0.39, 0.29) is 55.9 Å². The molecule has 208 valence electrons. The molecule has 0 bridgehead atoms. The van der Waals surface area contributed by atoms with Crippen LogP contribution in [0.15, 0.2) is 79.9 Å². The van der Waals surface area contributed by atoms with Crippen molar-refractivity contribution in [2.45, 2.75) is 51.1 Å². The summed E-state index contributed by atoms with van der Waals surface area (Å²) >= 11 is 0. The second kappa shape index (κ2) is 15.6. The summed E-state index contributed by atoms with van der Waals surface area (Å²) in [5.41, 5.74) is 3.25. The Balaban J connectivity index is 1.50. The highest BCUT2D eigenvalue weighted by molar-refractivity contribution is 5.86. The Bertz CT molecular complexity index is 1120. The molecule has 1 aliphatic heterocycles. The number of fused-ring (bicyclic) bond motifs is 1. The summed E-state index contributed by atoms with van der Waals surface area (Å²) in [4.78, 5) is 40.6. The molecule has 2 amide bonds. The molecule has 3 rings (SSSR count). The molecule has 3 atom stereocenters. The van der Waals surface area contributed by atoms with Crippen LogP contribution in [0.25, 0.3) is 0 Å². The molecule has 0 saturated heterocycles. The Morgan fingerprint density at radius 2 is 1.74 bits per heavy atom. The molecule has 0 aromatic heterocycles. The molecule has 39 heavy (non-hydrogen) atoms. The molecule has 2 aromatic rings. The molecule has 0 spiro atoms. The molecule has 1 aliphatic rings. The Morgan fingerprint density at radius 1 is 1.03 bits per heavy atom. The van der Waals surface area contributed by atoms with Crippen molar-refractivity contribution in [2.24, 2.45) is 11.8 Å². The SMILES string of the molecule is C=CCCC(Cc1ccccc1)C(=O)OCCNC(=O)C(CC=C)CC(=O)N1Cc2ccccc2CC1CO. The number of rotatable bonds is 15. The number of hydrogen-bond acceptors (Lipinski definition) is 5. The van der Waals surface area contributed by atoms with E-state index in [1.807, 2.05) is 54.6 Å². The van der Waals surface area contributed by atoms with Gasteiger partial charge in [0, 0.05) is 13.0 Å². The summed E-state index contributed by atoms with van der Waals surface area (Å²) in [6.45, 7) is 7.97. The van der Waals surface area contributed by atoms with Gasteiger partial charge in [0.25, 0.3) is 0 Å². The third kappa shape index (κ3) is 8.93. The van der Waals surface area contributed by atoms with Crippen molar-refractivity contribution < 1.29 is 24.2 Å². The Kier molecular flexibility index (Phi) is 12.0. The van der Waals surface area contributed by atoms with E-state index in [1.165, 1.54) is 0 Å². The number of carbonyl (C=O) groups is 3. The lowest BCUT2D eigenvalue weighted by Gasteiger charge is -2.36. The molecule has 7 heteroatoms. The quantitative estimate of drug-likeness (QED) is 0.205. The fourth-order valence-electron chi connectivity index (χ4n) is 4.96. The first kappa shape index (κ1) is 29.8. The van der Waals surface area contributed by atoms with Crippen LogP contribution in [0.2, 0.25) is 0 Å². The van der Waals surface area contributed by atoms with Crippen molar-refractivity contribution in [3.05, 3.63) is 96.6 Å². The van der Waals surface area contributed by atoms with E-state index in [2.05, 4.69) is 18.5 Å². The number of ether oxygens (including phenoxy) is 1. The van der Waals surface area contributed by atoms with Crippen molar-refractivity contribution >= 4 is 17.8 Å². The number of esters is 1. The maximum atomic E-state index is 13.2. The van der Waals surface area contributed by atoms with Gasteiger partial charge in [0.2, 0.25) is 11.8 Å². The lowest BCUT2D eigenvalue weighted by Crippen LogP contribution is -2.47. The summed E-state index contributed by atoms with van der Waals surface area (Å²) in [6, 6.07) is 17.4. The molecule has 0 aliphatic carbocycles. The summed E-state index contributed by atoms with van der Waals surface area (Å²) in [6.07, 6.45) is 6.28. The van der Waals surface area contributed by atoms with Crippen LogP contribution in [0.4, 0.5) is 0 Å². The number of allylic oxidation sites excluding steroid dienone is 2. The first-order valence-corrected chi connectivity index (χ1v) is 13.6. The molecule has 3 unspecified atom stereocenters. The smallest absolute Gasteiger partial charge is 0.309 e. The van der Waals surface area contributed by atoms with Gasteiger partial charge in [0.05, 0.1) is 31.0 Å². The van der Waals surface area contributed by atoms with E-state index in [1.54, 1.807) is 17.1 Å². The number of nitrogens with one attached hydrogen (secondary N) is 1. The maximum Gasteiger partial charge on any atom is 0.309 e. The minimum Gasteiger partial charge on any atom is -0.464 e. The van der Waals surface area contributed by atoms with Crippen LogP contribution in [0.5, 0.6) is 0 Å². The van der Waals surface area contributed by atoms with Gasteiger partial charge in [0.1, 0.15) is 6.61 Å². The minimum atomic E-state index is -0.597.